The van der Waals surface area contributed by atoms with E-state index in [9.17, 15) is 14.4 Å². The van der Waals surface area contributed by atoms with Crippen LogP contribution < -0.4 is 0 Å². The van der Waals surface area contributed by atoms with Gasteiger partial charge in [0.1, 0.15) is 13.2 Å². The largest absolute Gasteiger partial charge is 0.462 e. The molecule has 1 atom stereocenters. The van der Waals surface area contributed by atoms with E-state index in [1.807, 2.05) is 4.90 Å². The monoisotopic (exact) mass is 748 g/mol. The highest BCUT2D eigenvalue weighted by Gasteiger charge is 2.21. The molecule has 0 aromatic heterocycles. The fraction of sp³-hybridized carbons (Fsp3) is 0.844. The van der Waals surface area contributed by atoms with Crippen LogP contribution in [-0.2, 0) is 33.3 Å². The van der Waals surface area contributed by atoms with Crippen LogP contribution in [0.15, 0.2) is 24.3 Å². The zero-order chi connectivity index (χ0) is 38.3. The third kappa shape index (κ3) is 34.1. The highest BCUT2D eigenvalue weighted by atomic mass is 16.6. The fourth-order valence-corrected chi connectivity index (χ4v) is 6.47. The second-order valence-electron chi connectivity index (χ2n) is 15.0. The molecule has 8 nitrogen and oxygen atoms in total. The molecular weight excluding hydrogens is 666 g/mol. The van der Waals surface area contributed by atoms with E-state index >= 15 is 0 Å². The molecule has 0 aromatic carbocycles. The van der Waals surface area contributed by atoms with Gasteiger partial charge in [0.2, 0.25) is 0 Å². The van der Waals surface area contributed by atoms with Crippen molar-refractivity contribution in [2.75, 3.05) is 46.1 Å². The predicted octanol–water partition coefficient (Wildman–Crippen LogP) is 11.4. The van der Waals surface area contributed by atoms with Crippen LogP contribution >= 0.6 is 0 Å². The zero-order valence-corrected chi connectivity index (χ0v) is 34.4. The zero-order valence-electron chi connectivity index (χ0n) is 34.4. The molecule has 8 heteroatoms. The van der Waals surface area contributed by atoms with E-state index in [4.69, 9.17) is 18.9 Å². The summed E-state index contributed by atoms with van der Waals surface area (Å²) in [6.07, 6.45) is 40.3. The van der Waals surface area contributed by atoms with Crippen LogP contribution in [0.1, 0.15) is 194 Å². The number of nitrogens with zero attached hydrogens (tertiary/aromatic N) is 1. The van der Waals surface area contributed by atoms with Crippen LogP contribution in [0.4, 0.5) is 0 Å². The molecule has 0 aliphatic carbocycles. The van der Waals surface area contributed by atoms with E-state index in [2.05, 4.69) is 38.2 Å². The van der Waals surface area contributed by atoms with Crippen LogP contribution in [0, 0.1) is 0 Å². The van der Waals surface area contributed by atoms with Gasteiger partial charge in [0.05, 0.1) is 19.8 Å². The Morgan fingerprint density at radius 2 is 0.887 bits per heavy atom. The number of hydrogen-bond donors (Lipinski definition) is 0. The smallest absolute Gasteiger partial charge is 0.320 e. The van der Waals surface area contributed by atoms with Gasteiger partial charge in [0.15, 0.2) is 6.10 Å². The van der Waals surface area contributed by atoms with Gasteiger partial charge in [-0.15, -0.1) is 0 Å². The lowest BCUT2D eigenvalue weighted by Gasteiger charge is -2.25. The Kier molecular flexibility index (Phi) is 35.1. The lowest BCUT2D eigenvalue weighted by molar-refractivity contribution is -0.167. The summed E-state index contributed by atoms with van der Waals surface area (Å²) < 4.78 is 21.9. The van der Waals surface area contributed by atoms with Crippen molar-refractivity contribution in [3.8, 4) is 0 Å². The van der Waals surface area contributed by atoms with E-state index < -0.39 is 6.10 Å². The quantitative estimate of drug-likeness (QED) is 0.0268. The second-order valence-corrected chi connectivity index (χ2v) is 15.0. The van der Waals surface area contributed by atoms with Gasteiger partial charge in [0, 0.05) is 25.9 Å². The van der Waals surface area contributed by atoms with Gasteiger partial charge >= 0.3 is 17.9 Å². The number of carbonyl (C=O) groups excluding carboxylic acids is 3. The Labute approximate surface area is 325 Å². The molecule has 308 valence electrons. The molecule has 0 radical (unpaired) electrons. The van der Waals surface area contributed by atoms with E-state index in [1.54, 1.807) is 0 Å². The van der Waals surface area contributed by atoms with Crippen molar-refractivity contribution < 1.29 is 33.3 Å². The molecule has 1 aliphatic heterocycles. The van der Waals surface area contributed by atoms with Crippen LogP contribution in [0.2, 0.25) is 0 Å². The molecule has 0 amide bonds. The highest BCUT2D eigenvalue weighted by Crippen LogP contribution is 2.13. The first-order valence-electron chi connectivity index (χ1n) is 22.2. The van der Waals surface area contributed by atoms with Crippen LogP contribution in [0.3, 0.4) is 0 Å². The summed E-state index contributed by atoms with van der Waals surface area (Å²) in [4.78, 5) is 39.6. The third-order valence-electron chi connectivity index (χ3n) is 9.90. The Balaban J connectivity index is 2.23. The maximum Gasteiger partial charge on any atom is 0.320 e. The number of ether oxygens (including phenoxy) is 4. The van der Waals surface area contributed by atoms with Gasteiger partial charge in [0.25, 0.3) is 0 Å². The average molecular weight is 748 g/mol. The Hall–Kier alpha value is -2.19. The van der Waals surface area contributed by atoms with E-state index in [1.165, 1.54) is 109 Å². The first kappa shape index (κ1) is 48.8. The molecule has 0 N–H and O–H groups in total. The fourth-order valence-electron chi connectivity index (χ4n) is 6.47. The lowest BCUT2D eigenvalue weighted by atomic mass is 10.1. The van der Waals surface area contributed by atoms with Gasteiger partial charge in [-0.25, -0.2) is 0 Å². The summed E-state index contributed by atoms with van der Waals surface area (Å²) in [6.45, 7) is 6.99. The van der Waals surface area contributed by atoms with Crippen molar-refractivity contribution in [2.24, 2.45) is 0 Å². The van der Waals surface area contributed by atoms with Crippen molar-refractivity contribution in [1.29, 1.82) is 0 Å². The lowest BCUT2D eigenvalue weighted by Crippen LogP contribution is -2.41. The average Bonchev–Trinajstić information content (AvgIpc) is 3.16. The molecule has 0 unspecified atom stereocenters. The Bertz CT molecular complexity index is 915. The number of morpholine rings is 1. The number of hydrogen-bond acceptors (Lipinski definition) is 8. The van der Waals surface area contributed by atoms with Gasteiger partial charge < -0.3 is 18.9 Å². The van der Waals surface area contributed by atoms with E-state index in [0.29, 0.717) is 39.1 Å². The van der Waals surface area contributed by atoms with E-state index in [0.717, 1.165) is 57.8 Å². The molecule has 0 aromatic rings. The summed E-state index contributed by atoms with van der Waals surface area (Å²) in [7, 11) is 0. The summed E-state index contributed by atoms with van der Waals surface area (Å²) in [5.41, 5.74) is 0. The molecule has 1 saturated heterocycles. The molecule has 1 heterocycles. The minimum absolute atomic E-state index is 0.104. The van der Waals surface area contributed by atoms with Crippen molar-refractivity contribution in [3.05, 3.63) is 24.3 Å². The normalized spacial score (nSPS) is 14.2. The molecule has 1 rings (SSSR count). The third-order valence-corrected chi connectivity index (χ3v) is 9.90. The van der Waals surface area contributed by atoms with Crippen molar-refractivity contribution >= 4 is 17.9 Å². The minimum atomic E-state index is -0.808. The van der Waals surface area contributed by atoms with Crippen LogP contribution in [0.5, 0.6) is 0 Å². The summed E-state index contributed by atoms with van der Waals surface area (Å²) in [5, 5.41) is 0. The molecular formula is C45H81NO7. The van der Waals surface area contributed by atoms with Gasteiger partial charge in [-0.05, 0) is 64.2 Å². The van der Waals surface area contributed by atoms with Crippen molar-refractivity contribution in [1.82, 2.24) is 4.90 Å². The number of rotatable bonds is 37. The van der Waals surface area contributed by atoms with E-state index in [-0.39, 0.29) is 37.7 Å². The van der Waals surface area contributed by atoms with Gasteiger partial charge in [-0.1, -0.05) is 141 Å². The topological polar surface area (TPSA) is 91.4 Å². The van der Waals surface area contributed by atoms with Crippen molar-refractivity contribution in [3.63, 3.8) is 0 Å². The number of esters is 3. The van der Waals surface area contributed by atoms with Gasteiger partial charge in [-0.3, -0.25) is 19.3 Å². The second kappa shape index (κ2) is 38.1. The minimum Gasteiger partial charge on any atom is -0.462 e. The number of unbranched alkanes of at least 4 members (excludes halogenated alkanes) is 22. The summed E-state index contributed by atoms with van der Waals surface area (Å²) in [6, 6.07) is 0. The Morgan fingerprint density at radius 3 is 1.34 bits per heavy atom. The Morgan fingerprint density at radius 1 is 0.509 bits per heavy atom. The molecule has 53 heavy (non-hydrogen) atoms. The number of allylic oxidation sites excluding steroid dienone is 4. The molecule has 0 spiro atoms. The number of carbonyl (C=O) groups is 3. The van der Waals surface area contributed by atoms with Gasteiger partial charge in [-0.2, -0.15) is 0 Å². The first-order valence-corrected chi connectivity index (χ1v) is 22.2. The molecule has 0 bridgehead atoms. The molecule has 1 fully saturated rings. The SMILES string of the molecule is CCCCCCCC/C=C\CCCCCCCC(=O)OC[C@H](COC(=O)CN1CCOCC1)OC(=O)CCCCCCC/C=C\CCCCCCCC. The van der Waals surface area contributed by atoms with Crippen molar-refractivity contribution in [2.45, 2.75) is 200 Å². The first-order chi connectivity index (χ1) is 26.0. The highest BCUT2D eigenvalue weighted by molar-refractivity contribution is 5.72. The molecule has 0 saturated carbocycles. The maximum atomic E-state index is 12.7. The summed E-state index contributed by atoms with van der Waals surface area (Å²) >= 11 is 0. The van der Waals surface area contributed by atoms with Crippen LogP contribution in [-0.4, -0.2) is 75.0 Å². The standard InChI is InChI=1S/C45H81NO7/c1-3-5-7-9-11-13-15-17-19-21-23-25-27-29-31-33-43(47)51-40-42(41-52-45(49)39-46-35-37-50-38-36-46)53-44(48)34-32-30-28-26-24-22-20-18-16-14-12-10-8-6-4-2/h17-20,42H,3-16,21-41H2,1-2H3/b19-17-,20-18-/t42-/m1/s1. The maximum absolute atomic E-state index is 12.7. The predicted molar refractivity (Wildman–Crippen MR) is 218 cm³/mol. The summed E-state index contributed by atoms with van der Waals surface area (Å²) in [5.74, 6) is -1.03. The molecule has 1 aliphatic rings. The van der Waals surface area contributed by atoms with Crippen LogP contribution in [0.25, 0.3) is 0 Å².